The van der Waals surface area contributed by atoms with Gasteiger partial charge >= 0.3 is 0 Å². The van der Waals surface area contributed by atoms with Gasteiger partial charge in [0.1, 0.15) is 16.8 Å². The summed E-state index contributed by atoms with van der Waals surface area (Å²) < 4.78 is 7.91. The van der Waals surface area contributed by atoms with Crippen LogP contribution in [0, 0.1) is 20.8 Å². The normalized spacial score (nSPS) is 16.7. The van der Waals surface area contributed by atoms with Crippen molar-refractivity contribution in [3.05, 3.63) is 52.7 Å². The van der Waals surface area contributed by atoms with E-state index in [2.05, 4.69) is 15.0 Å². The molecule has 0 saturated carbocycles. The quantitative estimate of drug-likeness (QED) is 0.693. The van der Waals surface area contributed by atoms with Crippen molar-refractivity contribution in [2.24, 2.45) is 0 Å². The minimum atomic E-state index is -0.0557. The highest BCUT2D eigenvalue weighted by Crippen LogP contribution is 2.26. The molecular weight excluding hydrogens is 362 g/mol. The molecule has 0 aromatic carbocycles. The number of hydrogen-bond donors (Lipinski definition) is 0. The first-order valence-electron chi connectivity index (χ1n) is 8.88. The summed E-state index contributed by atoms with van der Waals surface area (Å²) in [6.07, 6.45) is 4.59. The summed E-state index contributed by atoms with van der Waals surface area (Å²) >= 11 is 1.42. The maximum atomic E-state index is 13.0. The maximum Gasteiger partial charge on any atom is 0.266 e. The van der Waals surface area contributed by atoms with Gasteiger partial charge in [-0.3, -0.25) is 4.79 Å². The molecule has 1 aliphatic heterocycles. The van der Waals surface area contributed by atoms with Crippen molar-refractivity contribution in [1.29, 1.82) is 0 Å². The van der Waals surface area contributed by atoms with E-state index in [0.29, 0.717) is 29.7 Å². The Morgan fingerprint density at radius 3 is 2.70 bits per heavy atom. The van der Waals surface area contributed by atoms with Gasteiger partial charge in [0.25, 0.3) is 5.91 Å². The monoisotopic (exact) mass is 383 g/mol. The van der Waals surface area contributed by atoms with Crippen LogP contribution in [0.2, 0.25) is 0 Å². The van der Waals surface area contributed by atoms with Crippen LogP contribution < -0.4 is 4.74 Å². The van der Waals surface area contributed by atoms with Crippen LogP contribution in [0.15, 0.2) is 30.6 Å². The highest BCUT2D eigenvalue weighted by atomic mass is 32.1. The first kappa shape index (κ1) is 17.7. The summed E-state index contributed by atoms with van der Waals surface area (Å²) in [6.45, 7) is 6.87. The van der Waals surface area contributed by atoms with E-state index in [0.717, 1.165) is 22.9 Å². The average Bonchev–Trinajstić information content (AvgIpc) is 3.33. The molecule has 1 amide bonds. The molecule has 27 heavy (non-hydrogen) atoms. The number of ether oxygens (including phenoxy) is 1. The molecule has 8 heteroatoms. The topological polar surface area (TPSA) is 73.1 Å². The van der Waals surface area contributed by atoms with Gasteiger partial charge in [-0.2, -0.15) is 4.98 Å². The minimum Gasteiger partial charge on any atom is -0.472 e. The van der Waals surface area contributed by atoms with Crippen molar-refractivity contribution >= 4 is 17.2 Å². The minimum absolute atomic E-state index is 0.0181. The predicted molar refractivity (Wildman–Crippen MR) is 103 cm³/mol. The zero-order valence-electron chi connectivity index (χ0n) is 15.5. The molecule has 0 spiro atoms. The molecule has 1 aliphatic rings. The van der Waals surface area contributed by atoms with E-state index in [1.807, 2.05) is 60.8 Å². The van der Waals surface area contributed by atoms with Gasteiger partial charge in [0.05, 0.1) is 12.2 Å². The Morgan fingerprint density at radius 2 is 1.96 bits per heavy atom. The standard InChI is InChI=1S/C19H21N5O2S/c1-12-10-16(22-14(3)20-12)26-15-6-9-24(11-15)18(25)17-13(2)21-19(27-17)23-7-4-5-8-23/h4-5,7-8,10,15H,6,9,11H2,1-3H3. The maximum absolute atomic E-state index is 13.0. The van der Waals surface area contributed by atoms with Gasteiger partial charge in [0.2, 0.25) is 5.88 Å². The van der Waals surface area contributed by atoms with E-state index in [4.69, 9.17) is 4.74 Å². The lowest BCUT2D eigenvalue weighted by atomic mass is 10.3. The van der Waals surface area contributed by atoms with E-state index in [9.17, 15) is 4.79 Å². The van der Waals surface area contributed by atoms with Gasteiger partial charge < -0.3 is 14.2 Å². The van der Waals surface area contributed by atoms with Crippen LogP contribution in [0.5, 0.6) is 5.88 Å². The lowest BCUT2D eigenvalue weighted by Gasteiger charge is -2.16. The fourth-order valence-corrected chi connectivity index (χ4v) is 4.22. The van der Waals surface area contributed by atoms with Gasteiger partial charge in [-0.1, -0.05) is 11.3 Å². The Bertz CT molecular complexity index is 946. The van der Waals surface area contributed by atoms with Crippen molar-refractivity contribution < 1.29 is 9.53 Å². The molecule has 1 unspecified atom stereocenters. The van der Waals surface area contributed by atoms with Crippen molar-refractivity contribution in [1.82, 2.24) is 24.4 Å². The molecule has 140 valence electrons. The number of carbonyl (C=O) groups is 1. The number of thiazole rings is 1. The van der Waals surface area contributed by atoms with Gasteiger partial charge in [-0.25, -0.2) is 9.97 Å². The van der Waals surface area contributed by atoms with Crippen LogP contribution in [0.3, 0.4) is 0 Å². The molecule has 3 aromatic heterocycles. The molecule has 3 aromatic rings. The molecule has 4 rings (SSSR count). The SMILES string of the molecule is Cc1cc(OC2CCN(C(=O)c3sc(-n4cccc4)nc3C)C2)nc(C)n1. The van der Waals surface area contributed by atoms with E-state index in [-0.39, 0.29) is 12.0 Å². The molecule has 0 N–H and O–H groups in total. The highest BCUT2D eigenvalue weighted by Gasteiger charge is 2.30. The summed E-state index contributed by atoms with van der Waals surface area (Å²) in [6, 6.07) is 5.71. The molecule has 0 radical (unpaired) electrons. The highest BCUT2D eigenvalue weighted by molar-refractivity contribution is 7.16. The lowest BCUT2D eigenvalue weighted by Crippen LogP contribution is -2.31. The molecule has 4 heterocycles. The number of aromatic nitrogens is 4. The van der Waals surface area contributed by atoms with Gasteiger partial charge in [-0.05, 0) is 32.9 Å². The summed E-state index contributed by atoms with van der Waals surface area (Å²) in [5, 5.41) is 0.805. The second-order valence-electron chi connectivity index (χ2n) is 6.68. The Labute approximate surface area is 161 Å². The smallest absolute Gasteiger partial charge is 0.266 e. The Hall–Kier alpha value is -2.74. The largest absolute Gasteiger partial charge is 0.472 e. The van der Waals surface area contributed by atoms with Crippen LogP contribution in [-0.4, -0.2) is 49.5 Å². The molecule has 1 fully saturated rings. The summed E-state index contributed by atoms with van der Waals surface area (Å²) in [7, 11) is 0. The third-order valence-electron chi connectivity index (χ3n) is 4.47. The molecule has 0 aliphatic carbocycles. The molecule has 1 atom stereocenters. The van der Waals surface area contributed by atoms with Crippen LogP contribution >= 0.6 is 11.3 Å². The average molecular weight is 383 g/mol. The van der Waals surface area contributed by atoms with Gasteiger partial charge in [-0.15, -0.1) is 0 Å². The van der Waals surface area contributed by atoms with Crippen molar-refractivity contribution in [2.45, 2.75) is 33.3 Å². The number of amides is 1. The van der Waals surface area contributed by atoms with E-state index in [1.165, 1.54) is 11.3 Å². The Balaban J connectivity index is 1.45. The van der Waals surface area contributed by atoms with Crippen LogP contribution in [0.1, 0.15) is 33.3 Å². The van der Waals surface area contributed by atoms with Gasteiger partial charge in [0.15, 0.2) is 5.13 Å². The number of aryl methyl sites for hydroxylation is 3. The first-order chi connectivity index (χ1) is 13.0. The predicted octanol–water partition coefficient (Wildman–Crippen LogP) is 2.94. The summed E-state index contributed by atoms with van der Waals surface area (Å²) in [4.78, 5) is 28.6. The zero-order valence-corrected chi connectivity index (χ0v) is 16.4. The molecule has 0 bridgehead atoms. The lowest BCUT2D eigenvalue weighted by molar-refractivity contribution is 0.0775. The number of hydrogen-bond acceptors (Lipinski definition) is 6. The second-order valence-corrected chi connectivity index (χ2v) is 7.65. The molecule has 7 nitrogen and oxygen atoms in total. The number of nitrogens with zero attached hydrogens (tertiary/aromatic N) is 5. The second kappa shape index (κ2) is 7.11. The van der Waals surface area contributed by atoms with Crippen LogP contribution in [-0.2, 0) is 0 Å². The Kier molecular flexibility index (Phi) is 4.65. The number of carbonyl (C=O) groups excluding carboxylic acids is 1. The molecular formula is C19H21N5O2S. The van der Waals surface area contributed by atoms with Crippen molar-refractivity contribution in [2.75, 3.05) is 13.1 Å². The fourth-order valence-electron chi connectivity index (χ4n) is 3.22. The van der Waals surface area contributed by atoms with Crippen molar-refractivity contribution in [3.63, 3.8) is 0 Å². The number of rotatable bonds is 4. The summed E-state index contributed by atoms with van der Waals surface area (Å²) in [5.74, 6) is 1.28. The molecule has 1 saturated heterocycles. The van der Waals surface area contributed by atoms with E-state index in [1.54, 1.807) is 0 Å². The van der Waals surface area contributed by atoms with Gasteiger partial charge in [0, 0.05) is 37.1 Å². The van der Waals surface area contributed by atoms with Crippen LogP contribution in [0.25, 0.3) is 5.13 Å². The third kappa shape index (κ3) is 3.71. The fraction of sp³-hybridized carbons (Fsp3) is 0.368. The Morgan fingerprint density at radius 1 is 1.19 bits per heavy atom. The first-order valence-corrected chi connectivity index (χ1v) is 9.70. The third-order valence-corrected chi connectivity index (χ3v) is 5.63. The van der Waals surface area contributed by atoms with E-state index < -0.39 is 0 Å². The van der Waals surface area contributed by atoms with E-state index >= 15 is 0 Å². The van der Waals surface area contributed by atoms with Crippen molar-refractivity contribution in [3.8, 4) is 11.0 Å². The van der Waals surface area contributed by atoms with Crippen LogP contribution in [0.4, 0.5) is 0 Å². The summed E-state index contributed by atoms with van der Waals surface area (Å²) in [5.41, 5.74) is 1.64. The zero-order chi connectivity index (χ0) is 19.0. The number of likely N-dealkylation sites (tertiary alicyclic amines) is 1.